The standard InChI is InChI=1S/C16H18N2O7S2/c1-10(2)25-16(20)24-9-23-12-7-5-4-6-11(12)14(19)18-15-17-8-13(26-15)27(3,21)22/h4-8,10H,9H2,1-3H3,(H,17,18,19). The second kappa shape index (κ2) is 8.82. The summed E-state index contributed by atoms with van der Waals surface area (Å²) in [5.74, 6) is -0.378. The Morgan fingerprint density at radius 2 is 1.96 bits per heavy atom. The van der Waals surface area contributed by atoms with Crippen LogP contribution in [0.2, 0.25) is 0 Å². The van der Waals surface area contributed by atoms with E-state index in [1.165, 1.54) is 18.3 Å². The average molecular weight is 414 g/mol. The van der Waals surface area contributed by atoms with Crippen LogP contribution in [0.1, 0.15) is 24.2 Å². The van der Waals surface area contributed by atoms with Crippen molar-refractivity contribution >= 4 is 38.4 Å². The Labute approximate surface area is 160 Å². The van der Waals surface area contributed by atoms with Crippen molar-refractivity contribution in [3.05, 3.63) is 36.0 Å². The molecule has 0 saturated heterocycles. The summed E-state index contributed by atoms with van der Waals surface area (Å²) in [4.78, 5) is 27.6. The van der Waals surface area contributed by atoms with Gasteiger partial charge in [0.2, 0.25) is 6.79 Å². The number of rotatable bonds is 7. The van der Waals surface area contributed by atoms with Crippen LogP contribution in [-0.2, 0) is 19.3 Å². The molecular formula is C16H18N2O7S2. The van der Waals surface area contributed by atoms with Crippen LogP contribution in [0.3, 0.4) is 0 Å². The molecule has 9 nitrogen and oxygen atoms in total. The summed E-state index contributed by atoms with van der Waals surface area (Å²) in [7, 11) is -3.40. The molecular weight excluding hydrogens is 396 g/mol. The van der Waals surface area contributed by atoms with Gasteiger partial charge in [0.25, 0.3) is 5.91 Å². The molecule has 27 heavy (non-hydrogen) atoms. The van der Waals surface area contributed by atoms with Gasteiger partial charge in [0.1, 0.15) is 9.96 Å². The van der Waals surface area contributed by atoms with Crippen molar-refractivity contribution in [3.63, 3.8) is 0 Å². The zero-order chi connectivity index (χ0) is 20.0. The van der Waals surface area contributed by atoms with Gasteiger partial charge in [-0.15, -0.1) is 0 Å². The third-order valence-corrected chi connectivity index (χ3v) is 5.63. The number of hydrogen-bond donors (Lipinski definition) is 1. The minimum atomic E-state index is -3.40. The summed E-state index contributed by atoms with van der Waals surface area (Å²) in [6.45, 7) is 2.91. The van der Waals surface area contributed by atoms with Crippen molar-refractivity contribution in [3.8, 4) is 5.75 Å². The van der Waals surface area contributed by atoms with E-state index in [-0.39, 0.29) is 26.8 Å². The van der Waals surface area contributed by atoms with Crippen LogP contribution in [0.5, 0.6) is 5.75 Å². The predicted octanol–water partition coefficient (Wildman–Crippen LogP) is 2.70. The molecule has 2 rings (SSSR count). The van der Waals surface area contributed by atoms with E-state index in [2.05, 4.69) is 10.3 Å². The monoisotopic (exact) mass is 414 g/mol. The van der Waals surface area contributed by atoms with E-state index in [1.54, 1.807) is 26.0 Å². The molecule has 1 aromatic heterocycles. The third-order valence-electron chi connectivity index (χ3n) is 2.93. The Morgan fingerprint density at radius 1 is 1.26 bits per heavy atom. The maximum Gasteiger partial charge on any atom is 0.511 e. The van der Waals surface area contributed by atoms with Gasteiger partial charge in [-0.2, -0.15) is 0 Å². The summed E-state index contributed by atoms with van der Waals surface area (Å²) in [6.07, 6.45) is 1.01. The lowest BCUT2D eigenvalue weighted by atomic mass is 10.2. The minimum absolute atomic E-state index is 0.0411. The smallest absolute Gasteiger partial charge is 0.456 e. The second-order valence-corrected chi connectivity index (χ2v) is 8.80. The number of carbonyl (C=O) groups is 2. The number of nitrogens with one attached hydrogen (secondary N) is 1. The number of para-hydroxylation sites is 1. The number of anilines is 1. The average Bonchev–Trinajstić information content (AvgIpc) is 3.03. The Kier molecular flexibility index (Phi) is 6.75. The van der Waals surface area contributed by atoms with Crippen LogP contribution in [-0.4, -0.2) is 44.6 Å². The third kappa shape index (κ3) is 6.22. The van der Waals surface area contributed by atoms with E-state index in [0.29, 0.717) is 0 Å². The first kappa shape index (κ1) is 20.6. The summed E-state index contributed by atoms with van der Waals surface area (Å²) in [5, 5.41) is 2.64. The van der Waals surface area contributed by atoms with Gasteiger partial charge >= 0.3 is 6.16 Å². The Hall–Kier alpha value is -2.66. The van der Waals surface area contributed by atoms with E-state index in [4.69, 9.17) is 14.2 Å². The lowest BCUT2D eigenvalue weighted by Crippen LogP contribution is -2.17. The van der Waals surface area contributed by atoms with Crippen LogP contribution in [0.15, 0.2) is 34.7 Å². The topological polar surface area (TPSA) is 121 Å². The zero-order valence-corrected chi connectivity index (χ0v) is 16.4. The highest BCUT2D eigenvalue weighted by Crippen LogP contribution is 2.25. The fourth-order valence-electron chi connectivity index (χ4n) is 1.80. The number of benzene rings is 1. The second-order valence-electron chi connectivity index (χ2n) is 5.53. The number of aromatic nitrogens is 1. The quantitative estimate of drug-likeness (QED) is 0.542. The summed E-state index contributed by atoms with van der Waals surface area (Å²) in [6, 6.07) is 6.29. The van der Waals surface area contributed by atoms with Crippen LogP contribution >= 0.6 is 11.3 Å². The number of amides is 1. The van der Waals surface area contributed by atoms with E-state index >= 15 is 0 Å². The van der Waals surface area contributed by atoms with Crippen molar-refractivity contribution in [1.29, 1.82) is 0 Å². The van der Waals surface area contributed by atoms with Crippen LogP contribution in [0.25, 0.3) is 0 Å². The number of ether oxygens (including phenoxy) is 3. The molecule has 1 amide bonds. The van der Waals surface area contributed by atoms with Crippen molar-refractivity contribution in [2.24, 2.45) is 0 Å². The predicted molar refractivity (Wildman–Crippen MR) is 97.8 cm³/mol. The first-order chi connectivity index (χ1) is 12.7. The molecule has 0 aliphatic carbocycles. The van der Waals surface area contributed by atoms with Gasteiger partial charge in [0, 0.05) is 6.26 Å². The van der Waals surface area contributed by atoms with E-state index in [0.717, 1.165) is 17.6 Å². The first-order valence-electron chi connectivity index (χ1n) is 7.69. The van der Waals surface area contributed by atoms with Gasteiger partial charge < -0.3 is 14.2 Å². The number of carbonyl (C=O) groups excluding carboxylic acids is 2. The largest absolute Gasteiger partial charge is 0.511 e. The van der Waals surface area contributed by atoms with Gasteiger partial charge in [-0.05, 0) is 26.0 Å². The molecule has 0 saturated carbocycles. The fraction of sp³-hybridized carbons (Fsp3) is 0.312. The molecule has 11 heteroatoms. The maximum absolute atomic E-state index is 12.4. The summed E-state index contributed by atoms with van der Waals surface area (Å²) in [5.41, 5.74) is 0.162. The first-order valence-corrected chi connectivity index (χ1v) is 10.4. The molecule has 0 radical (unpaired) electrons. The molecule has 0 bridgehead atoms. The molecule has 0 atom stereocenters. The zero-order valence-electron chi connectivity index (χ0n) is 14.8. The number of nitrogens with zero attached hydrogens (tertiary/aromatic N) is 1. The van der Waals surface area contributed by atoms with Crippen molar-refractivity contribution < 1.29 is 32.2 Å². The molecule has 146 valence electrons. The molecule has 2 aromatic rings. The Morgan fingerprint density at radius 3 is 2.59 bits per heavy atom. The highest BCUT2D eigenvalue weighted by atomic mass is 32.2. The van der Waals surface area contributed by atoms with E-state index < -0.39 is 28.7 Å². The summed E-state index contributed by atoms with van der Waals surface area (Å²) >= 11 is 0.838. The van der Waals surface area contributed by atoms with Crippen LogP contribution in [0, 0.1) is 0 Å². The van der Waals surface area contributed by atoms with Crippen molar-refractivity contribution in [2.75, 3.05) is 18.4 Å². The van der Waals surface area contributed by atoms with Gasteiger partial charge in [-0.25, -0.2) is 18.2 Å². The maximum atomic E-state index is 12.4. The van der Waals surface area contributed by atoms with Crippen LogP contribution in [0.4, 0.5) is 9.93 Å². The SMILES string of the molecule is CC(C)OC(=O)OCOc1ccccc1C(=O)Nc1ncc(S(C)(=O)=O)s1. The van der Waals surface area contributed by atoms with Crippen molar-refractivity contribution in [1.82, 2.24) is 4.98 Å². The molecule has 1 N–H and O–H groups in total. The van der Waals surface area contributed by atoms with E-state index in [1.807, 2.05) is 0 Å². The highest BCUT2D eigenvalue weighted by Gasteiger charge is 2.17. The van der Waals surface area contributed by atoms with Gasteiger partial charge in [0.05, 0.1) is 17.9 Å². The molecule has 0 fully saturated rings. The molecule has 0 aliphatic rings. The van der Waals surface area contributed by atoms with Gasteiger partial charge in [-0.1, -0.05) is 23.5 Å². The highest BCUT2D eigenvalue weighted by molar-refractivity contribution is 7.92. The molecule has 1 heterocycles. The van der Waals surface area contributed by atoms with Crippen LogP contribution < -0.4 is 10.1 Å². The van der Waals surface area contributed by atoms with Crippen molar-refractivity contribution in [2.45, 2.75) is 24.2 Å². The van der Waals surface area contributed by atoms with Gasteiger partial charge in [0.15, 0.2) is 15.0 Å². The Bertz CT molecular complexity index is 922. The van der Waals surface area contributed by atoms with Gasteiger partial charge in [-0.3, -0.25) is 10.1 Å². The molecule has 0 unspecified atom stereocenters. The number of hydrogen-bond acceptors (Lipinski definition) is 9. The number of sulfone groups is 1. The summed E-state index contributed by atoms with van der Waals surface area (Å²) < 4.78 is 37.9. The van der Waals surface area contributed by atoms with E-state index in [9.17, 15) is 18.0 Å². The lowest BCUT2D eigenvalue weighted by Gasteiger charge is -2.12. The Balaban J connectivity index is 2.02. The normalized spacial score (nSPS) is 11.1. The minimum Gasteiger partial charge on any atom is -0.456 e. The number of thiazole rings is 1. The molecule has 1 aromatic carbocycles. The lowest BCUT2D eigenvalue weighted by molar-refractivity contribution is -0.00828. The fourth-order valence-corrected chi connectivity index (χ4v) is 3.43. The molecule has 0 aliphatic heterocycles. The molecule has 0 spiro atoms.